The van der Waals surface area contributed by atoms with E-state index in [4.69, 9.17) is 0 Å². The summed E-state index contributed by atoms with van der Waals surface area (Å²) in [6, 6.07) is 20.8. The molecule has 0 aromatic heterocycles. The van der Waals surface area contributed by atoms with E-state index < -0.39 is 21.3 Å². The van der Waals surface area contributed by atoms with Gasteiger partial charge < -0.3 is 0 Å². The van der Waals surface area contributed by atoms with E-state index in [1.807, 2.05) is 12.1 Å². The Kier molecular flexibility index (Phi) is 7.14. The minimum absolute atomic E-state index is 0.661. The minimum Gasteiger partial charge on any atom is -0.0622 e. The van der Waals surface area contributed by atoms with Crippen LogP contribution in [0.4, 0.5) is 0 Å². The summed E-state index contributed by atoms with van der Waals surface area (Å²) in [6.07, 6.45) is 7.95. The fraction of sp³-hybridized carbons (Fsp3) is 0.222. The molecule has 0 nitrogen and oxygen atoms in total. The van der Waals surface area contributed by atoms with Gasteiger partial charge in [0.15, 0.2) is 0 Å². The molecular weight excluding hydrogens is 416 g/mol. The molecule has 28 heavy (non-hydrogen) atoms. The van der Waals surface area contributed by atoms with Crippen LogP contribution in [0.1, 0.15) is 34.1 Å². The summed E-state index contributed by atoms with van der Waals surface area (Å²) in [5.74, 6) is 0.661. The molecule has 0 bridgehead atoms. The first-order chi connectivity index (χ1) is 13.5. The van der Waals surface area contributed by atoms with Gasteiger partial charge in [0, 0.05) is 0 Å². The van der Waals surface area contributed by atoms with Gasteiger partial charge in [0.1, 0.15) is 0 Å². The zero-order chi connectivity index (χ0) is 20.1. The SMILES string of the molecule is [CH2]=[Zr]([C]1=CC=CC1)[C]1=C(C)C(C)=C(C)C1C.c1ccc(-c2ccccc2)cc1. The molecule has 2 aliphatic rings. The maximum Gasteiger partial charge on any atom is -0.0184 e. The Bertz CT molecular complexity index is 932. The Morgan fingerprint density at radius 2 is 1.36 bits per heavy atom. The van der Waals surface area contributed by atoms with Crippen molar-refractivity contribution in [2.45, 2.75) is 34.1 Å². The van der Waals surface area contributed by atoms with Gasteiger partial charge in [-0.25, -0.2) is 0 Å². The maximum absolute atomic E-state index is 4.58. The second-order valence-corrected chi connectivity index (χ2v) is 12.9. The number of rotatable bonds is 3. The predicted molar refractivity (Wildman–Crippen MR) is 121 cm³/mol. The van der Waals surface area contributed by atoms with Crippen molar-refractivity contribution < 1.29 is 21.3 Å². The van der Waals surface area contributed by atoms with E-state index in [0.29, 0.717) is 5.92 Å². The third-order valence-corrected chi connectivity index (χ3v) is 12.4. The molecule has 1 atom stereocenters. The molecule has 0 radical (unpaired) electrons. The molecule has 4 rings (SSSR count). The van der Waals surface area contributed by atoms with Crippen LogP contribution in [0, 0.1) is 5.92 Å². The van der Waals surface area contributed by atoms with Crippen molar-refractivity contribution in [3.05, 3.63) is 102 Å². The van der Waals surface area contributed by atoms with E-state index >= 15 is 0 Å². The zero-order valence-corrected chi connectivity index (χ0v) is 20.0. The predicted octanol–water partition coefficient (Wildman–Crippen LogP) is 7.49. The molecular formula is C27H30Zr. The smallest absolute Gasteiger partial charge is 0.0184 e. The van der Waals surface area contributed by atoms with Crippen LogP contribution >= 0.6 is 0 Å². The molecule has 0 saturated heterocycles. The molecule has 0 amide bonds. The second kappa shape index (κ2) is 9.57. The zero-order valence-electron chi connectivity index (χ0n) is 17.5. The summed E-state index contributed by atoms with van der Waals surface area (Å²) >= 11 is -1.73. The van der Waals surface area contributed by atoms with E-state index in [-0.39, 0.29) is 0 Å². The van der Waals surface area contributed by atoms with Crippen molar-refractivity contribution in [3.8, 4) is 11.1 Å². The summed E-state index contributed by atoms with van der Waals surface area (Å²) in [5, 5.41) is 0. The van der Waals surface area contributed by atoms with Gasteiger partial charge in [0.2, 0.25) is 0 Å². The van der Waals surface area contributed by atoms with Crippen molar-refractivity contribution in [1.82, 2.24) is 0 Å². The minimum atomic E-state index is -1.73. The van der Waals surface area contributed by atoms with E-state index in [1.165, 1.54) is 23.1 Å². The normalized spacial score (nSPS) is 18.1. The van der Waals surface area contributed by atoms with Crippen LogP contribution < -0.4 is 0 Å². The molecule has 0 saturated carbocycles. The average Bonchev–Trinajstić information content (AvgIpc) is 3.34. The third-order valence-electron chi connectivity index (χ3n) is 6.01. The summed E-state index contributed by atoms with van der Waals surface area (Å²) in [7, 11) is 0. The van der Waals surface area contributed by atoms with Crippen LogP contribution in [-0.2, 0) is 21.3 Å². The average molecular weight is 446 g/mol. The van der Waals surface area contributed by atoms with Crippen molar-refractivity contribution >= 4 is 4.21 Å². The Morgan fingerprint density at radius 3 is 1.75 bits per heavy atom. The molecule has 1 unspecified atom stereocenters. The van der Waals surface area contributed by atoms with Crippen LogP contribution in [-0.4, -0.2) is 4.21 Å². The Hall–Kier alpha value is -1.85. The van der Waals surface area contributed by atoms with Gasteiger partial charge in [0.25, 0.3) is 0 Å². The molecule has 0 N–H and O–H groups in total. The second-order valence-electron chi connectivity index (χ2n) is 7.60. The van der Waals surface area contributed by atoms with Crippen LogP contribution in [0.15, 0.2) is 102 Å². The Balaban J connectivity index is 0.000000167. The molecule has 2 aliphatic carbocycles. The largest absolute Gasteiger partial charge is 0.0622 e. The number of hydrogen-bond donors (Lipinski definition) is 0. The summed E-state index contributed by atoms with van der Waals surface area (Å²) in [5.41, 5.74) is 7.20. The Labute approximate surface area is 178 Å². The molecule has 2 aromatic rings. The topological polar surface area (TPSA) is 0 Å². The van der Waals surface area contributed by atoms with E-state index in [0.717, 1.165) is 0 Å². The maximum atomic E-state index is 4.58. The van der Waals surface area contributed by atoms with E-state index in [1.54, 1.807) is 17.7 Å². The molecule has 1 heteroatoms. The van der Waals surface area contributed by atoms with Crippen molar-refractivity contribution in [2.24, 2.45) is 5.92 Å². The molecule has 2 aromatic carbocycles. The first kappa shape index (κ1) is 20.9. The fourth-order valence-electron chi connectivity index (χ4n) is 3.96. The van der Waals surface area contributed by atoms with Crippen molar-refractivity contribution in [3.63, 3.8) is 0 Å². The van der Waals surface area contributed by atoms with Gasteiger partial charge >= 0.3 is 107 Å². The van der Waals surface area contributed by atoms with Crippen LogP contribution in [0.25, 0.3) is 11.1 Å². The van der Waals surface area contributed by atoms with Gasteiger partial charge in [0.05, 0.1) is 0 Å². The van der Waals surface area contributed by atoms with Gasteiger partial charge in [-0.3, -0.25) is 0 Å². The fourth-order valence-corrected chi connectivity index (χ4v) is 9.82. The number of benzene rings is 2. The first-order valence-electron chi connectivity index (χ1n) is 10.0. The number of allylic oxidation sites excluding steroid dienone is 8. The van der Waals surface area contributed by atoms with Crippen LogP contribution in [0.3, 0.4) is 0 Å². The van der Waals surface area contributed by atoms with E-state index in [9.17, 15) is 0 Å². The van der Waals surface area contributed by atoms with Gasteiger partial charge in [-0.2, -0.15) is 0 Å². The van der Waals surface area contributed by atoms with Crippen molar-refractivity contribution in [2.75, 3.05) is 0 Å². The molecule has 0 aliphatic heterocycles. The summed E-state index contributed by atoms with van der Waals surface area (Å²) < 4.78 is 7.96. The quantitative estimate of drug-likeness (QED) is 0.459. The van der Waals surface area contributed by atoms with Gasteiger partial charge in [-0.05, 0) is 11.1 Å². The Morgan fingerprint density at radius 1 is 0.821 bits per heavy atom. The number of hydrogen-bond acceptors (Lipinski definition) is 0. The van der Waals surface area contributed by atoms with Gasteiger partial charge in [-0.1, -0.05) is 60.7 Å². The summed E-state index contributed by atoms with van der Waals surface area (Å²) in [4.78, 5) is 0. The standard InChI is InChI=1S/C12H10.C9H13.C5H5.CH2.Zr/c1-3-7-11(8-4-1)12-9-5-2-6-10-12;1-6-5-7(2)9(4)8(6)3;1-2-4-5-3-1;;/h1-10H;6H,1-4H3;1-3H,4H2;1H2;. The molecule has 0 spiro atoms. The third kappa shape index (κ3) is 4.58. The van der Waals surface area contributed by atoms with Gasteiger partial charge in [-0.15, -0.1) is 0 Å². The first-order valence-corrected chi connectivity index (χ1v) is 14.2. The monoisotopic (exact) mass is 444 g/mol. The van der Waals surface area contributed by atoms with Crippen molar-refractivity contribution in [1.29, 1.82) is 0 Å². The molecule has 0 heterocycles. The molecule has 142 valence electrons. The molecule has 0 fully saturated rings. The van der Waals surface area contributed by atoms with Crippen LogP contribution in [0.5, 0.6) is 0 Å². The van der Waals surface area contributed by atoms with E-state index in [2.05, 4.69) is 98.7 Å². The summed E-state index contributed by atoms with van der Waals surface area (Å²) in [6.45, 7) is 9.21. The van der Waals surface area contributed by atoms with Crippen LogP contribution in [0.2, 0.25) is 0 Å².